The summed E-state index contributed by atoms with van der Waals surface area (Å²) in [5, 5.41) is 7.42. The molecule has 3 atom stereocenters. The van der Waals surface area contributed by atoms with Crippen molar-refractivity contribution in [2.24, 2.45) is 5.92 Å². The number of hydrogen-bond donors (Lipinski definition) is 1. The molecule has 0 bridgehead atoms. The number of fused-ring (bicyclic) bond motifs is 1. The number of epoxide rings is 1. The fraction of sp³-hybridized carbons (Fsp3) is 0.923. The molecule has 16 heavy (non-hydrogen) atoms. The third-order valence-corrected chi connectivity index (χ3v) is 3.72. The minimum absolute atomic E-state index is 0.370. The minimum atomic E-state index is -0.833. The minimum Gasteiger partial charge on any atom is -0.481 e. The van der Waals surface area contributed by atoms with Crippen molar-refractivity contribution in [3.63, 3.8) is 0 Å². The summed E-state index contributed by atoms with van der Waals surface area (Å²) in [6.07, 6.45) is 8.79. The van der Waals surface area contributed by atoms with E-state index in [0.717, 1.165) is 12.8 Å². The molecule has 2 rings (SSSR count). The molecule has 1 N–H and O–H groups in total. The van der Waals surface area contributed by atoms with Gasteiger partial charge in [0.15, 0.2) is 0 Å². The Balaban J connectivity index is 0.000000280. The van der Waals surface area contributed by atoms with E-state index in [4.69, 9.17) is 14.6 Å². The van der Waals surface area contributed by atoms with Crippen LogP contribution in [0.4, 0.5) is 0 Å². The number of ether oxygens (including phenoxy) is 1. The van der Waals surface area contributed by atoms with Crippen molar-refractivity contribution in [3.8, 4) is 0 Å². The van der Waals surface area contributed by atoms with Crippen molar-refractivity contribution >= 4 is 5.97 Å². The summed E-state index contributed by atoms with van der Waals surface area (Å²) < 4.78 is 5.80. The Morgan fingerprint density at radius 2 is 2.06 bits per heavy atom. The second-order valence-electron chi connectivity index (χ2n) is 5.02. The highest BCUT2D eigenvalue weighted by atomic mass is 16.6. The molecule has 3 heteroatoms. The number of carboxylic acid groups (broad SMARTS) is 1. The smallest absolute Gasteiger partial charge is 0.300 e. The molecule has 0 spiro atoms. The van der Waals surface area contributed by atoms with Crippen molar-refractivity contribution in [3.05, 3.63) is 0 Å². The van der Waals surface area contributed by atoms with E-state index in [-0.39, 0.29) is 0 Å². The van der Waals surface area contributed by atoms with E-state index in [0.29, 0.717) is 11.7 Å². The van der Waals surface area contributed by atoms with Crippen molar-refractivity contribution < 1.29 is 14.6 Å². The van der Waals surface area contributed by atoms with Gasteiger partial charge >= 0.3 is 0 Å². The molecule has 1 heterocycles. The standard InChI is InChI=1S/C11H20O.C2H4O2/c1-3-4-5-8-11-9(2)6-7-10(11)12-11;1-2(3)4/h9-10H,3-8H2,1-2H3;1H3,(H,3,4)/t9-,10-,11+;/m1./s1. The first-order valence-corrected chi connectivity index (χ1v) is 6.40. The number of carbonyl (C=O) groups is 1. The van der Waals surface area contributed by atoms with Gasteiger partial charge in [-0.2, -0.15) is 0 Å². The lowest BCUT2D eigenvalue weighted by molar-refractivity contribution is -0.134. The number of aliphatic carboxylic acids is 1. The van der Waals surface area contributed by atoms with Gasteiger partial charge in [-0.05, 0) is 25.2 Å². The molecule has 0 radical (unpaired) electrons. The molecule has 3 nitrogen and oxygen atoms in total. The zero-order chi connectivity index (χ0) is 12.2. The van der Waals surface area contributed by atoms with Crippen LogP contribution in [-0.2, 0) is 9.53 Å². The van der Waals surface area contributed by atoms with E-state index in [1.54, 1.807) is 0 Å². The third kappa shape index (κ3) is 3.21. The molecule has 2 fully saturated rings. The van der Waals surface area contributed by atoms with Gasteiger partial charge in [-0.15, -0.1) is 0 Å². The topological polar surface area (TPSA) is 49.8 Å². The fourth-order valence-electron chi connectivity index (χ4n) is 2.73. The van der Waals surface area contributed by atoms with Crippen LogP contribution in [0.25, 0.3) is 0 Å². The van der Waals surface area contributed by atoms with E-state index in [9.17, 15) is 0 Å². The summed E-state index contributed by atoms with van der Waals surface area (Å²) in [7, 11) is 0. The zero-order valence-electron chi connectivity index (χ0n) is 10.7. The summed E-state index contributed by atoms with van der Waals surface area (Å²) >= 11 is 0. The first kappa shape index (κ1) is 13.5. The Kier molecular flexibility index (Phi) is 4.78. The quantitative estimate of drug-likeness (QED) is 0.593. The van der Waals surface area contributed by atoms with Gasteiger partial charge in [-0.25, -0.2) is 0 Å². The second kappa shape index (κ2) is 5.67. The van der Waals surface area contributed by atoms with Crippen LogP contribution >= 0.6 is 0 Å². The first-order valence-electron chi connectivity index (χ1n) is 6.40. The lowest BCUT2D eigenvalue weighted by Crippen LogP contribution is -2.18. The highest BCUT2D eigenvalue weighted by molar-refractivity contribution is 5.62. The molecule has 1 saturated heterocycles. The number of carboxylic acids is 1. The van der Waals surface area contributed by atoms with Gasteiger partial charge < -0.3 is 9.84 Å². The van der Waals surface area contributed by atoms with E-state index < -0.39 is 5.97 Å². The molecule has 0 amide bonds. The summed E-state index contributed by atoms with van der Waals surface area (Å²) in [4.78, 5) is 9.00. The monoisotopic (exact) mass is 228 g/mol. The van der Waals surface area contributed by atoms with Crippen LogP contribution < -0.4 is 0 Å². The van der Waals surface area contributed by atoms with Gasteiger partial charge in [-0.3, -0.25) is 4.79 Å². The number of hydrogen-bond acceptors (Lipinski definition) is 2. The van der Waals surface area contributed by atoms with Gasteiger partial charge in [-0.1, -0.05) is 33.1 Å². The Morgan fingerprint density at radius 3 is 2.44 bits per heavy atom. The molecular weight excluding hydrogens is 204 g/mol. The van der Waals surface area contributed by atoms with Gasteiger partial charge in [0.25, 0.3) is 5.97 Å². The van der Waals surface area contributed by atoms with Gasteiger partial charge in [0.2, 0.25) is 0 Å². The van der Waals surface area contributed by atoms with Gasteiger partial charge in [0, 0.05) is 6.92 Å². The molecule has 0 aromatic carbocycles. The van der Waals surface area contributed by atoms with E-state index in [2.05, 4.69) is 13.8 Å². The first-order chi connectivity index (χ1) is 7.53. The lowest BCUT2D eigenvalue weighted by atomic mass is 9.91. The third-order valence-electron chi connectivity index (χ3n) is 3.72. The maximum absolute atomic E-state index is 9.00. The molecule has 0 aromatic rings. The van der Waals surface area contributed by atoms with Crippen molar-refractivity contribution in [1.29, 1.82) is 0 Å². The van der Waals surface area contributed by atoms with E-state index in [1.165, 1.54) is 38.5 Å². The van der Waals surface area contributed by atoms with Crippen LogP contribution in [0.5, 0.6) is 0 Å². The fourth-order valence-corrected chi connectivity index (χ4v) is 2.73. The second-order valence-corrected chi connectivity index (χ2v) is 5.02. The molecule has 1 aliphatic carbocycles. The lowest BCUT2D eigenvalue weighted by Gasteiger charge is -2.15. The van der Waals surface area contributed by atoms with Crippen LogP contribution in [0.2, 0.25) is 0 Å². The Morgan fingerprint density at radius 1 is 1.44 bits per heavy atom. The van der Waals surface area contributed by atoms with E-state index >= 15 is 0 Å². The molecule has 0 unspecified atom stereocenters. The maximum Gasteiger partial charge on any atom is 0.300 e. The Labute approximate surface area is 98.2 Å². The number of unbranched alkanes of at least 4 members (excludes halogenated alkanes) is 2. The van der Waals surface area contributed by atoms with E-state index in [1.807, 2.05) is 0 Å². The SMILES string of the molecule is CC(=O)O.CCCCC[C@@]12O[C@@H]1CC[C@H]2C. The average Bonchev–Trinajstić information content (AvgIpc) is 2.82. The van der Waals surface area contributed by atoms with Crippen molar-refractivity contribution in [1.82, 2.24) is 0 Å². The highest BCUT2D eigenvalue weighted by Gasteiger charge is 2.62. The summed E-state index contributed by atoms with van der Waals surface area (Å²) in [6, 6.07) is 0. The largest absolute Gasteiger partial charge is 0.481 e. The normalized spacial score (nSPS) is 34.9. The van der Waals surface area contributed by atoms with Crippen LogP contribution in [0.1, 0.15) is 59.3 Å². The zero-order valence-corrected chi connectivity index (χ0v) is 10.7. The predicted octanol–water partition coefficient (Wildman–Crippen LogP) is 3.23. The van der Waals surface area contributed by atoms with Crippen molar-refractivity contribution in [2.75, 3.05) is 0 Å². The summed E-state index contributed by atoms with van der Waals surface area (Å²) in [5.41, 5.74) is 0.370. The number of rotatable bonds is 4. The molecule has 0 aromatic heterocycles. The average molecular weight is 228 g/mol. The highest BCUT2D eigenvalue weighted by Crippen LogP contribution is 2.56. The Bertz CT molecular complexity index is 235. The van der Waals surface area contributed by atoms with Gasteiger partial charge in [0.05, 0.1) is 11.7 Å². The molecular formula is C13H24O3. The molecule has 94 valence electrons. The summed E-state index contributed by atoms with van der Waals surface area (Å²) in [5.74, 6) is -0.000596. The summed E-state index contributed by atoms with van der Waals surface area (Å²) in [6.45, 7) is 5.71. The van der Waals surface area contributed by atoms with Gasteiger partial charge in [0.1, 0.15) is 0 Å². The molecule has 1 saturated carbocycles. The predicted molar refractivity (Wildman–Crippen MR) is 63.5 cm³/mol. The van der Waals surface area contributed by atoms with Crippen LogP contribution in [-0.4, -0.2) is 22.8 Å². The Hall–Kier alpha value is -0.570. The van der Waals surface area contributed by atoms with Crippen molar-refractivity contribution in [2.45, 2.75) is 71.0 Å². The molecule has 2 aliphatic rings. The molecule has 1 aliphatic heterocycles. The van der Waals surface area contributed by atoms with Crippen LogP contribution in [0, 0.1) is 5.92 Å². The van der Waals surface area contributed by atoms with Crippen LogP contribution in [0.15, 0.2) is 0 Å². The maximum atomic E-state index is 9.00. The van der Waals surface area contributed by atoms with Crippen LogP contribution in [0.3, 0.4) is 0 Å².